The van der Waals surface area contributed by atoms with Gasteiger partial charge in [0, 0.05) is 18.5 Å². The summed E-state index contributed by atoms with van der Waals surface area (Å²) in [5, 5.41) is 8.83. The Bertz CT molecular complexity index is 344. The lowest BCUT2D eigenvalue weighted by Crippen LogP contribution is -2.45. The topological polar surface area (TPSA) is 83.9 Å². The summed E-state index contributed by atoms with van der Waals surface area (Å²) in [6.45, 7) is 4.40. The van der Waals surface area contributed by atoms with Crippen LogP contribution in [0.3, 0.4) is 0 Å². The summed E-state index contributed by atoms with van der Waals surface area (Å²) in [6, 6.07) is 0. The Kier molecular flexibility index (Phi) is 4.69. The number of carboxylic acid groups (broad SMARTS) is 1. The molecule has 1 saturated heterocycles. The maximum atomic E-state index is 12.0. The van der Waals surface area contributed by atoms with Gasteiger partial charge in [0.2, 0.25) is 0 Å². The summed E-state index contributed by atoms with van der Waals surface area (Å²) < 4.78 is 4.74. The van der Waals surface area contributed by atoms with Gasteiger partial charge in [0.1, 0.15) is 12.2 Å². The van der Waals surface area contributed by atoms with Gasteiger partial charge in [-0.2, -0.15) is 0 Å². The monoisotopic (exact) mass is 257 g/mol. The smallest absolute Gasteiger partial charge is 0.407 e. The highest BCUT2D eigenvalue weighted by Gasteiger charge is 2.38. The summed E-state index contributed by atoms with van der Waals surface area (Å²) in [4.78, 5) is 35.3. The maximum Gasteiger partial charge on any atom is 0.407 e. The first-order valence-corrected chi connectivity index (χ1v) is 6.06. The molecule has 102 valence electrons. The number of esters is 1. The van der Waals surface area contributed by atoms with Crippen molar-refractivity contribution in [1.82, 2.24) is 4.90 Å². The minimum Gasteiger partial charge on any atom is -0.466 e. The Morgan fingerprint density at radius 3 is 2.28 bits per heavy atom. The van der Waals surface area contributed by atoms with E-state index >= 15 is 0 Å². The molecule has 1 fully saturated rings. The quantitative estimate of drug-likeness (QED) is 0.606. The fourth-order valence-electron chi connectivity index (χ4n) is 2.03. The third-order valence-corrected chi connectivity index (χ3v) is 3.42. The van der Waals surface area contributed by atoms with Gasteiger partial charge in [-0.1, -0.05) is 6.92 Å². The number of piperidine rings is 1. The summed E-state index contributed by atoms with van der Waals surface area (Å²) >= 11 is 0. The molecule has 6 nitrogen and oxygen atoms in total. The van der Waals surface area contributed by atoms with Crippen LogP contribution in [0.5, 0.6) is 0 Å². The fraction of sp³-hybridized carbons (Fsp3) is 0.750. The minimum atomic E-state index is -0.963. The van der Waals surface area contributed by atoms with Crippen molar-refractivity contribution in [2.75, 3.05) is 19.7 Å². The molecule has 0 bridgehead atoms. The second kappa shape index (κ2) is 5.84. The van der Waals surface area contributed by atoms with Gasteiger partial charge >= 0.3 is 12.1 Å². The molecule has 1 aliphatic heterocycles. The Labute approximate surface area is 106 Å². The normalized spacial score (nSPS) is 18.2. The maximum absolute atomic E-state index is 12.0. The van der Waals surface area contributed by atoms with Crippen molar-refractivity contribution >= 4 is 17.8 Å². The molecule has 18 heavy (non-hydrogen) atoms. The van der Waals surface area contributed by atoms with Crippen molar-refractivity contribution in [2.24, 2.45) is 5.41 Å². The van der Waals surface area contributed by atoms with Crippen molar-refractivity contribution in [3.05, 3.63) is 0 Å². The molecule has 0 aromatic rings. The highest BCUT2D eigenvalue weighted by atomic mass is 16.5. The van der Waals surface area contributed by atoms with Crippen LogP contribution in [-0.4, -0.2) is 47.5 Å². The zero-order valence-corrected chi connectivity index (χ0v) is 10.8. The lowest BCUT2D eigenvalue weighted by molar-refractivity contribution is -0.148. The summed E-state index contributed by atoms with van der Waals surface area (Å²) in [7, 11) is 0. The van der Waals surface area contributed by atoms with Crippen LogP contribution in [0.15, 0.2) is 0 Å². The first-order chi connectivity index (χ1) is 8.39. The van der Waals surface area contributed by atoms with Crippen LogP contribution in [0.25, 0.3) is 0 Å². The van der Waals surface area contributed by atoms with E-state index in [1.807, 2.05) is 0 Å². The molecular formula is C12H19NO5. The van der Waals surface area contributed by atoms with E-state index in [9.17, 15) is 14.4 Å². The zero-order chi connectivity index (χ0) is 13.8. The van der Waals surface area contributed by atoms with E-state index < -0.39 is 17.5 Å². The fourth-order valence-corrected chi connectivity index (χ4v) is 2.03. The number of nitrogens with zero attached hydrogens (tertiary/aromatic N) is 1. The molecule has 0 atom stereocenters. The number of hydrogen-bond acceptors (Lipinski definition) is 4. The van der Waals surface area contributed by atoms with E-state index in [4.69, 9.17) is 9.84 Å². The van der Waals surface area contributed by atoms with Crippen molar-refractivity contribution in [3.63, 3.8) is 0 Å². The average Bonchev–Trinajstić information content (AvgIpc) is 2.29. The van der Waals surface area contributed by atoms with E-state index in [-0.39, 0.29) is 18.8 Å². The molecule has 1 amide bonds. The molecule has 0 radical (unpaired) electrons. The van der Waals surface area contributed by atoms with Crippen molar-refractivity contribution in [2.45, 2.75) is 33.1 Å². The van der Waals surface area contributed by atoms with E-state index in [1.165, 1.54) is 4.90 Å². The Morgan fingerprint density at radius 1 is 1.28 bits per heavy atom. The lowest BCUT2D eigenvalue weighted by atomic mass is 9.76. The van der Waals surface area contributed by atoms with Crippen molar-refractivity contribution < 1.29 is 24.2 Å². The van der Waals surface area contributed by atoms with Gasteiger partial charge in [0.15, 0.2) is 0 Å². The molecule has 1 heterocycles. The highest BCUT2D eigenvalue weighted by Crippen LogP contribution is 2.33. The SMILES string of the molecule is CCOC(=O)CC(=O)C1(C)CCN(C(=O)O)CC1. The Balaban J connectivity index is 2.53. The van der Waals surface area contributed by atoms with Gasteiger partial charge in [-0.05, 0) is 19.8 Å². The van der Waals surface area contributed by atoms with Crippen LogP contribution in [0.2, 0.25) is 0 Å². The van der Waals surface area contributed by atoms with E-state index in [2.05, 4.69) is 0 Å². The molecular weight excluding hydrogens is 238 g/mol. The largest absolute Gasteiger partial charge is 0.466 e. The Hall–Kier alpha value is -1.59. The standard InChI is InChI=1S/C12H19NO5/c1-3-18-10(15)8-9(14)12(2)4-6-13(7-5-12)11(16)17/h3-8H2,1-2H3,(H,16,17). The highest BCUT2D eigenvalue weighted by molar-refractivity contribution is 5.98. The van der Waals surface area contributed by atoms with Crippen molar-refractivity contribution in [1.29, 1.82) is 0 Å². The van der Waals surface area contributed by atoms with Crippen LogP contribution in [-0.2, 0) is 14.3 Å². The average molecular weight is 257 g/mol. The molecule has 0 spiro atoms. The van der Waals surface area contributed by atoms with Crippen molar-refractivity contribution in [3.8, 4) is 0 Å². The van der Waals surface area contributed by atoms with Gasteiger partial charge < -0.3 is 14.7 Å². The first-order valence-electron chi connectivity index (χ1n) is 6.06. The minimum absolute atomic E-state index is 0.161. The second-order valence-corrected chi connectivity index (χ2v) is 4.74. The lowest BCUT2D eigenvalue weighted by Gasteiger charge is -2.36. The van der Waals surface area contributed by atoms with Gasteiger partial charge in [-0.15, -0.1) is 0 Å². The van der Waals surface area contributed by atoms with Crippen LogP contribution in [0, 0.1) is 5.41 Å². The number of likely N-dealkylation sites (tertiary alicyclic amines) is 1. The van der Waals surface area contributed by atoms with Gasteiger partial charge in [0.05, 0.1) is 6.61 Å². The van der Waals surface area contributed by atoms with Gasteiger partial charge in [-0.25, -0.2) is 4.79 Å². The van der Waals surface area contributed by atoms with Crippen LogP contribution >= 0.6 is 0 Å². The summed E-state index contributed by atoms with van der Waals surface area (Å²) in [5.41, 5.74) is -0.612. The number of amides is 1. The molecule has 0 unspecified atom stereocenters. The zero-order valence-electron chi connectivity index (χ0n) is 10.8. The number of hydrogen-bond donors (Lipinski definition) is 1. The molecule has 0 aliphatic carbocycles. The Morgan fingerprint density at radius 2 is 1.83 bits per heavy atom. The molecule has 6 heteroatoms. The number of ketones is 1. The van der Waals surface area contributed by atoms with Gasteiger partial charge in [-0.3, -0.25) is 9.59 Å². The van der Waals surface area contributed by atoms with Gasteiger partial charge in [0.25, 0.3) is 0 Å². The molecule has 1 aliphatic rings. The van der Waals surface area contributed by atoms with Crippen LogP contribution in [0.4, 0.5) is 4.79 Å². The van der Waals surface area contributed by atoms with E-state index in [0.717, 1.165) is 0 Å². The van der Waals surface area contributed by atoms with Crippen LogP contribution in [0.1, 0.15) is 33.1 Å². The third kappa shape index (κ3) is 3.45. The molecule has 1 N–H and O–H groups in total. The molecule has 1 rings (SSSR count). The van der Waals surface area contributed by atoms with E-state index in [0.29, 0.717) is 25.9 Å². The number of ether oxygens (including phenoxy) is 1. The summed E-state index contributed by atoms with van der Waals surface area (Å²) in [5.74, 6) is -0.671. The van der Waals surface area contributed by atoms with Crippen LogP contribution < -0.4 is 0 Å². The summed E-state index contributed by atoms with van der Waals surface area (Å²) in [6.07, 6.45) is -0.276. The number of carbonyl (C=O) groups excluding carboxylic acids is 2. The third-order valence-electron chi connectivity index (χ3n) is 3.42. The number of rotatable bonds is 4. The first kappa shape index (κ1) is 14.5. The molecule has 0 saturated carbocycles. The van der Waals surface area contributed by atoms with E-state index in [1.54, 1.807) is 13.8 Å². The number of Topliss-reactive ketones (excluding diaryl/α,β-unsaturated/α-hetero) is 1. The molecule has 0 aromatic heterocycles. The second-order valence-electron chi connectivity index (χ2n) is 4.74. The number of carbonyl (C=O) groups is 3. The molecule has 0 aromatic carbocycles. The predicted octanol–water partition coefficient (Wildman–Crippen LogP) is 1.29. The predicted molar refractivity (Wildman–Crippen MR) is 63.2 cm³/mol.